The molecule has 7 heteroatoms. The van der Waals surface area contributed by atoms with E-state index in [0.29, 0.717) is 25.4 Å². The standard InChI is InChI=1S/C17H29N3O4/c21-15(4-3-13-7-9-18-10-8-13)19-14-2-1-11-20(12-14)16(22)5-6-17(23)24/h13-14,18H,1-12H2,(H,19,21)(H,23,24). The monoisotopic (exact) mass is 339 g/mol. The third-order valence-corrected chi connectivity index (χ3v) is 4.93. The molecule has 2 heterocycles. The summed E-state index contributed by atoms with van der Waals surface area (Å²) in [6.45, 7) is 3.24. The van der Waals surface area contributed by atoms with Crippen LogP contribution in [0.1, 0.15) is 51.4 Å². The summed E-state index contributed by atoms with van der Waals surface area (Å²) in [5.74, 6) is -0.384. The molecule has 2 rings (SSSR count). The first-order valence-electron chi connectivity index (χ1n) is 9.04. The first kappa shape index (κ1) is 18.7. The van der Waals surface area contributed by atoms with Gasteiger partial charge < -0.3 is 20.6 Å². The molecular weight excluding hydrogens is 310 g/mol. The lowest BCUT2D eigenvalue weighted by atomic mass is 9.93. The van der Waals surface area contributed by atoms with Crippen molar-refractivity contribution in [2.75, 3.05) is 26.2 Å². The fourth-order valence-corrected chi connectivity index (χ4v) is 3.50. The van der Waals surface area contributed by atoms with E-state index in [1.165, 1.54) is 0 Å². The van der Waals surface area contributed by atoms with Gasteiger partial charge in [0.2, 0.25) is 11.8 Å². The molecule has 0 aromatic rings. The summed E-state index contributed by atoms with van der Waals surface area (Å²) in [6, 6.07) is -0.00643. The number of carbonyl (C=O) groups is 3. The molecule has 2 fully saturated rings. The summed E-state index contributed by atoms with van der Waals surface area (Å²) >= 11 is 0. The summed E-state index contributed by atoms with van der Waals surface area (Å²) in [5.41, 5.74) is 0. The van der Waals surface area contributed by atoms with Gasteiger partial charge in [0.1, 0.15) is 0 Å². The van der Waals surface area contributed by atoms with Crippen molar-refractivity contribution in [3.8, 4) is 0 Å². The maximum atomic E-state index is 12.1. The van der Waals surface area contributed by atoms with Gasteiger partial charge in [-0.05, 0) is 51.1 Å². The zero-order valence-electron chi connectivity index (χ0n) is 14.3. The molecule has 0 bridgehead atoms. The van der Waals surface area contributed by atoms with Crippen LogP contribution in [0.15, 0.2) is 0 Å². The van der Waals surface area contributed by atoms with Gasteiger partial charge in [-0.2, -0.15) is 0 Å². The van der Waals surface area contributed by atoms with Crippen molar-refractivity contribution in [2.24, 2.45) is 5.92 Å². The summed E-state index contributed by atoms with van der Waals surface area (Å²) < 4.78 is 0. The second-order valence-corrected chi connectivity index (χ2v) is 6.87. The van der Waals surface area contributed by atoms with Crippen LogP contribution in [0.4, 0.5) is 0 Å². The minimum Gasteiger partial charge on any atom is -0.481 e. The Hall–Kier alpha value is -1.63. The minimum atomic E-state index is -0.955. The van der Waals surface area contributed by atoms with E-state index in [1.807, 2.05) is 0 Å². The van der Waals surface area contributed by atoms with Crippen LogP contribution in [-0.4, -0.2) is 60.0 Å². The highest BCUT2D eigenvalue weighted by Gasteiger charge is 2.25. The average molecular weight is 339 g/mol. The Morgan fingerprint density at radius 1 is 1.08 bits per heavy atom. The van der Waals surface area contributed by atoms with E-state index < -0.39 is 5.97 Å². The highest BCUT2D eigenvalue weighted by molar-refractivity contribution is 5.81. The fourth-order valence-electron chi connectivity index (χ4n) is 3.50. The molecule has 24 heavy (non-hydrogen) atoms. The van der Waals surface area contributed by atoms with Crippen molar-refractivity contribution >= 4 is 17.8 Å². The molecule has 2 saturated heterocycles. The van der Waals surface area contributed by atoms with Crippen molar-refractivity contribution in [2.45, 2.75) is 57.4 Å². The number of piperidine rings is 2. The average Bonchev–Trinajstić information content (AvgIpc) is 2.59. The van der Waals surface area contributed by atoms with Crippen LogP contribution in [0.5, 0.6) is 0 Å². The van der Waals surface area contributed by atoms with Gasteiger partial charge in [0.15, 0.2) is 0 Å². The maximum Gasteiger partial charge on any atom is 0.303 e. The third kappa shape index (κ3) is 6.47. The highest BCUT2D eigenvalue weighted by atomic mass is 16.4. The molecule has 0 spiro atoms. The first-order valence-corrected chi connectivity index (χ1v) is 9.04. The minimum absolute atomic E-state index is 0.00643. The molecule has 0 saturated carbocycles. The van der Waals surface area contributed by atoms with Gasteiger partial charge >= 0.3 is 5.97 Å². The third-order valence-electron chi connectivity index (χ3n) is 4.93. The molecule has 2 amide bonds. The molecule has 3 N–H and O–H groups in total. The van der Waals surface area contributed by atoms with E-state index in [1.54, 1.807) is 4.90 Å². The molecule has 0 aromatic carbocycles. The van der Waals surface area contributed by atoms with Crippen LogP contribution in [0.3, 0.4) is 0 Å². The van der Waals surface area contributed by atoms with Gasteiger partial charge in [-0.3, -0.25) is 14.4 Å². The van der Waals surface area contributed by atoms with Crippen molar-refractivity contribution < 1.29 is 19.5 Å². The van der Waals surface area contributed by atoms with Gasteiger partial charge in [-0.15, -0.1) is 0 Å². The number of rotatable bonds is 7. The normalized spacial score (nSPS) is 22.2. The molecule has 2 aliphatic rings. The predicted molar refractivity (Wildman–Crippen MR) is 89.4 cm³/mol. The topological polar surface area (TPSA) is 98.7 Å². The summed E-state index contributed by atoms with van der Waals surface area (Å²) in [5, 5.41) is 15.0. The fraction of sp³-hybridized carbons (Fsp3) is 0.824. The Bertz CT molecular complexity index is 449. The van der Waals surface area contributed by atoms with E-state index >= 15 is 0 Å². The van der Waals surface area contributed by atoms with Gasteiger partial charge in [-0.25, -0.2) is 0 Å². The number of hydrogen-bond acceptors (Lipinski definition) is 4. The van der Waals surface area contributed by atoms with Crippen molar-refractivity contribution in [1.29, 1.82) is 0 Å². The summed E-state index contributed by atoms with van der Waals surface area (Å²) in [4.78, 5) is 36.4. The largest absolute Gasteiger partial charge is 0.481 e. The number of aliphatic carboxylic acids is 1. The van der Waals surface area contributed by atoms with Gasteiger partial charge in [-0.1, -0.05) is 0 Å². The number of likely N-dealkylation sites (tertiary alicyclic amines) is 1. The number of carboxylic acid groups (broad SMARTS) is 1. The first-order chi connectivity index (χ1) is 11.5. The Kier molecular flexibility index (Phi) is 7.49. The number of amides is 2. The quantitative estimate of drug-likeness (QED) is 0.635. The summed E-state index contributed by atoms with van der Waals surface area (Å²) in [6.07, 6.45) is 5.38. The molecule has 0 aromatic heterocycles. The van der Waals surface area contributed by atoms with Crippen LogP contribution in [0, 0.1) is 5.92 Å². The second-order valence-electron chi connectivity index (χ2n) is 6.87. The number of carboxylic acids is 1. The van der Waals surface area contributed by atoms with Crippen molar-refractivity contribution in [3.63, 3.8) is 0 Å². The van der Waals surface area contributed by atoms with E-state index in [4.69, 9.17) is 5.11 Å². The van der Waals surface area contributed by atoms with E-state index in [-0.39, 0.29) is 30.7 Å². The van der Waals surface area contributed by atoms with Crippen LogP contribution in [0.2, 0.25) is 0 Å². The molecular formula is C17H29N3O4. The van der Waals surface area contributed by atoms with Gasteiger partial charge in [0.05, 0.1) is 6.42 Å². The highest BCUT2D eigenvalue weighted by Crippen LogP contribution is 2.18. The molecule has 7 nitrogen and oxygen atoms in total. The SMILES string of the molecule is O=C(O)CCC(=O)N1CCCC(NC(=O)CCC2CCNCC2)C1. The van der Waals surface area contributed by atoms with E-state index in [2.05, 4.69) is 10.6 Å². The molecule has 1 atom stereocenters. The Morgan fingerprint density at radius 2 is 1.83 bits per heavy atom. The summed E-state index contributed by atoms with van der Waals surface area (Å²) in [7, 11) is 0. The Balaban J connectivity index is 1.68. The lowest BCUT2D eigenvalue weighted by Gasteiger charge is -2.33. The van der Waals surface area contributed by atoms with Crippen LogP contribution >= 0.6 is 0 Å². The maximum absolute atomic E-state index is 12.1. The molecule has 136 valence electrons. The molecule has 0 aliphatic carbocycles. The van der Waals surface area contributed by atoms with Crippen molar-refractivity contribution in [1.82, 2.24) is 15.5 Å². The zero-order valence-corrected chi connectivity index (χ0v) is 14.3. The second kappa shape index (κ2) is 9.61. The van der Waals surface area contributed by atoms with Crippen LogP contribution in [0.25, 0.3) is 0 Å². The van der Waals surface area contributed by atoms with Gasteiger partial charge in [0.25, 0.3) is 0 Å². The van der Waals surface area contributed by atoms with Crippen LogP contribution in [-0.2, 0) is 14.4 Å². The number of hydrogen-bond donors (Lipinski definition) is 3. The molecule has 2 aliphatic heterocycles. The van der Waals surface area contributed by atoms with Gasteiger partial charge in [0, 0.05) is 32.0 Å². The van der Waals surface area contributed by atoms with Crippen molar-refractivity contribution in [3.05, 3.63) is 0 Å². The van der Waals surface area contributed by atoms with Crippen LogP contribution < -0.4 is 10.6 Å². The lowest BCUT2D eigenvalue weighted by Crippen LogP contribution is -2.49. The van der Waals surface area contributed by atoms with E-state index in [9.17, 15) is 14.4 Å². The number of nitrogens with zero attached hydrogens (tertiary/aromatic N) is 1. The Labute approximate surface area is 143 Å². The number of carbonyl (C=O) groups excluding carboxylic acids is 2. The Morgan fingerprint density at radius 3 is 2.54 bits per heavy atom. The predicted octanol–water partition coefficient (Wildman–Crippen LogP) is 0.738. The lowest BCUT2D eigenvalue weighted by molar-refractivity contribution is -0.141. The smallest absolute Gasteiger partial charge is 0.303 e. The number of nitrogens with one attached hydrogen (secondary N) is 2. The molecule has 1 unspecified atom stereocenters. The zero-order chi connectivity index (χ0) is 17.4. The molecule has 0 radical (unpaired) electrons. The van der Waals surface area contributed by atoms with E-state index in [0.717, 1.165) is 45.2 Å².